The lowest BCUT2D eigenvalue weighted by Gasteiger charge is -2.17. The van der Waals surface area contributed by atoms with Gasteiger partial charge >= 0.3 is 0 Å². The average molecular weight is 331 g/mol. The highest BCUT2D eigenvalue weighted by atomic mass is 35.5. The maximum atomic E-state index is 5.90. The molecule has 0 saturated heterocycles. The summed E-state index contributed by atoms with van der Waals surface area (Å²) in [6.45, 7) is 0.860. The van der Waals surface area contributed by atoms with Gasteiger partial charge in [-0.3, -0.25) is 4.98 Å². The van der Waals surface area contributed by atoms with Gasteiger partial charge in [0.1, 0.15) is 5.82 Å². The van der Waals surface area contributed by atoms with Crippen LogP contribution in [0.3, 0.4) is 0 Å². The van der Waals surface area contributed by atoms with Gasteiger partial charge in [-0.1, -0.05) is 23.7 Å². The Morgan fingerprint density at radius 3 is 2.55 bits per heavy atom. The van der Waals surface area contributed by atoms with Gasteiger partial charge in [0.2, 0.25) is 0 Å². The Bertz CT molecular complexity index is 711. The number of hydrogen-bond acceptors (Lipinski definition) is 5. The summed E-state index contributed by atoms with van der Waals surface area (Å²) in [6, 6.07) is 7.59. The number of benzene rings is 1. The predicted molar refractivity (Wildman–Crippen MR) is 91.6 cm³/mol. The van der Waals surface area contributed by atoms with Crippen LogP contribution in [0, 0.1) is 0 Å². The third kappa shape index (κ3) is 3.61. The Hall–Kier alpha value is -1.98. The molecule has 0 aliphatic rings. The largest absolute Gasteiger partial charge is 0.358 e. The second kappa shape index (κ2) is 6.85. The molecule has 0 radical (unpaired) electrons. The molecule has 3 aromatic rings. The Morgan fingerprint density at radius 1 is 1.09 bits per heavy atom. The van der Waals surface area contributed by atoms with E-state index in [9.17, 15) is 0 Å². The van der Waals surface area contributed by atoms with Gasteiger partial charge in [-0.2, -0.15) is 0 Å². The van der Waals surface area contributed by atoms with E-state index < -0.39 is 0 Å². The highest BCUT2D eigenvalue weighted by molar-refractivity contribution is 7.07. The Kier molecular flexibility index (Phi) is 4.65. The molecule has 2 heterocycles. The zero-order valence-electron chi connectivity index (χ0n) is 12.1. The first kappa shape index (κ1) is 14.9. The maximum absolute atomic E-state index is 5.90. The van der Waals surface area contributed by atoms with E-state index in [1.807, 2.05) is 36.8 Å². The molecule has 0 spiro atoms. The zero-order valence-corrected chi connectivity index (χ0v) is 13.7. The maximum Gasteiger partial charge on any atom is 0.146 e. The number of halogens is 1. The Labute approximate surface area is 138 Å². The minimum Gasteiger partial charge on any atom is -0.358 e. The van der Waals surface area contributed by atoms with E-state index in [0.29, 0.717) is 0 Å². The van der Waals surface area contributed by atoms with E-state index >= 15 is 0 Å². The van der Waals surface area contributed by atoms with Gasteiger partial charge in [0, 0.05) is 36.0 Å². The minimum absolute atomic E-state index is 0.718. The average Bonchev–Trinajstić information content (AvgIpc) is 3.07. The molecule has 4 nitrogen and oxygen atoms in total. The van der Waals surface area contributed by atoms with Crippen LogP contribution in [0.25, 0.3) is 11.3 Å². The first-order valence-electron chi connectivity index (χ1n) is 6.88. The van der Waals surface area contributed by atoms with E-state index in [-0.39, 0.29) is 0 Å². The van der Waals surface area contributed by atoms with Crippen molar-refractivity contribution in [3.63, 3.8) is 0 Å². The molecule has 0 bridgehead atoms. The van der Waals surface area contributed by atoms with Gasteiger partial charge in [-0.05, 0) is 12.1 Å². The van der Waals surface area contributed by atoms with Gasteiger partial charge in [-0.15, -0.1) is 11.3 Å². The molecule has 3 rings (SSSR count). The molecule has 6 heteroatoms. The molecule has 1 aromatic carbocycles. The minimum atomic E-state index is 0.718. The van der Waals surface area contributed by atoms with Crippen LogP contribution < -0.4 is 4.90 Å². The van der Waals surface area contributed by atoms with Gasteiger partial charge in [0.15, 0.2) is 0 Å². The molecule has 112 valence electrons. The monoisotopic (exact) mass is 330 g/mol. The van der Waals surface area contributed by atoms with Crippen molar-refractivity contribution in [2.24, 2.45) is 0 Å². The number of aromatic nitrogens is 3. The summed E-state index contributed by atoms with van der Waals surface area (Å²) < 4.78 is 0. The van der Waals surface area contributed by atoms with Gasteiger partial charge in [0.05, 0.1) is 29.3 Å². The SMILES string of the molecule is CN(CCc1cscn1)c1cnc(-c2ccc(Cl)cc2)cn1. The van der Waals surface area contributed by atoms with Crippen LogP contribution in [0.15, 0.2) is 47.5 Å². The lowest BCUT2D eigenvalue weighted by atomic mass is 10.2. The van der Waals surface area contributed by atoms with Crippen molar-refractivity contribution in [2.75, 3.05) is 18.5 Å². The first-order chi connectivity index (χ1) is 10.7. The number of anilines is 1. The second-order valence-corrected chi connectivity index (χ2v) is 6.07. The number of nitrogens with zero attached hydrogens (tertiary/aromatic N) is 4. The van der Waals surface area contributed by atoms with Crippen LogP contribution in [-0.2, 0) is 6.42 Å². The molecular weight excluding hydrogens is 316 g/mol. The van der Waals surface area contributed by atoms with Crippen molar-refractivity contribution in [3.8, 4) is 11.3 Å². The number of thiazole rings is 1. The molecule has 0 aliphatic heterocycles. The molecule has 0 saturated carbocycles. The molecule has 0 aliphatic carbocycles. The fourth-order valence-electron chi connectivity index (χ4n) is 2.05. The third-order valence-corrected chi connectivity index (χ3v) is 4.24. The van der Waals surface area contributed by atoms with Crippen LogP contribution in [0.4, 0.5) is 5.82 Å². The summed E-state index contributed by atoms with van der Waals surface area (Å²) in [5, 5.41) is 2.79. The number of likely N-dealkylation sites (N-methyl/N-ethyl adjacent to an activating group) is 1. The lowest BCUT2D eigenvalue weighted by Crippen LogP contribution is -2.21. The summed E-state index contributed by atoms with van der Waals surface area (Å²) in [4.78, 5) is 15.3. The molecule has 2 aromatic heterocycles. The topological polar surface area (TPSA) is 41.9 Å². The normalized spacial score (nSPS) is 10.6. The second-order valence-electron chi connectivity index (χ2n) is 4.92. The first-order valence-corrected chi connectivity index (χ1v) is 8.20. The van der Waals surface area contributed by atoms with Crippen LogP contribution >= 0.6 is 22.9 Å². The highest BCUT2D eigenvalue weighted by Gasteiger charge is 2.06. The quantitative estimate of drug-likeness (QED) is 0.710. The lowest BCUT2D eigenvalue weighted by molar-refractivity contribution is 0.840. The highest BCUT2D eigenvalue weighted by Crippen LogP contribution is 2.20. The van der Waals surface area contributed by atoms with Crippen LogP contribution in [0.1, 0.15) is 5.69 Å². The molecule has 0 amide bonds. The molecule has 0 unspecified atom stereocenters. The molecular formula is C16H15ClN4S. The van der Waals surface area contributed by atoms with Crippen LogP contribution in [-0.4, -0.2) is 28.5 Å². The number of hydrogen-bond donors (Lipinski definition) is 0. The fourth-order valence-corrected chi connectivity index (χ4v) is 2.76. The van der Waals surface area contributed by atoms with Gasteiger partial charge < -0.3 is 4.90 Å². The van der Waals surface area contributed by atoms with Crippen molar-refractivity contribution in [1.82, 2.24) is 15.0 Å². The molecule has 0 atom stereocenters. The summed E-state index contributed by atoms with van der Waals surface area (Å²) in [5.41, 5.74) is 4.82. The fraction of sp³-hybridized carbons (Fsp3) is 0.188. The van der Waals surface area contributed by atoms with Crippen molar-refractivity contribution in [1.29, 1.82) is 0 Å². The van der Waals surface area contributed by atoms with E-state index in [1.165, 1.54) is 0 Å². The van der Waals surface area contributed by atoms with Crippen molar-refractivity contribution >= 4 is 28.8 Å². The van der Waals surface area contributed by atoms with E-state index in [0.717, 1.165) is 40.8 Å². The molecule has 22 heavy (non-hydrogen) atoms. The van der Waals surface area contributed by atoms with E-state index in [2.05, 4.69) is 25.2 Å². The summed E-state index contributed by atoms with van der Waals surface area (Å²) in [6.07, 6.45) is 4.49. The zero-order chi connectivity index (χ0) is 15.4. The summed E-state index contributed by atoms with van der Waals surface area (Å²) in [7, 11) is 2.01. The van der Waals surface area contributed by atoms with Gasteiger partial charge in [0.25, 0.3) is 0 Å². The summed E-state index contributed by atoms with van der Waals surface area (Å²) in [5.74, 6) is 0.855. The number of rotatable bonds is 5. The van der Waals surface area contributed by atoms with Crippen molar-refractivity contribution < 1.29 is 0 Å². The Balaban J connectivity index is 1.66. The smallest absolute Gasteiger partial charge is 0.146 e. The van der Waals surface area contributed by atoms with E-state index in [4.69, 9.17) is 11.6 Å². The predicted octanol–water partition coefficient (Wildman–Crippen LogP) is 3.93. The molecule has 0 N–H and O–H groups in total. The Morgan fingerprint density at radius 2 is 1.91 bits per heavy atom. The van der Waals surface area contributed by atoms with Crippen LogP contribution in [0.5, 0.6) is 0 Å². The third-order valence-electron chi connectivity index (χ3n) is 3.36. The molecule has 0 fully saturated rings. The van der Waals surface area contributed by atoms with E-state index in [1.54, 1.807) is 23.7 Å². The van der Waals surface area contributed by atoms with Crippen molar-refractivity contribution in [2.45, 2.75) is 6.42 Å². The van der Waals surface area contributed by atoms with Gasteiger partial charge in [-0.25, -0.2) is 9.97 Å². The standard InChI is InChI=1S/C16H15ClN4S/c1-21(7-6-14-10-22-11-20-14)16-9-18-15(8-19-16)12-2-4-13(17)5-3-12/h2-5,8-11H,6-7H2,1H3. The van der Waals surface area contributed by atoms with Crippen molar-refractivity contribution in [3.05, 3.63) is 58.3 Å². The van der Waals surface area contributed by atoms with Crippen LogP contribution in [0.2, 0.25) is 5.02 Å². The summed E-state index contributed by atoms with van der Waals surface area (Å²) >= 11 is 7.52.